The van der Waals surface area contributed by atoms with Crippen LogP contribution in [0.1, 0.15) is 25.1 Å². The molecule has 7 heteroatoms. The van der Waals surface area contributed by atoms with Crippen molar-refractivity contribution in [1.29, 1.82) is 0 Å². The van der Waals surface area contributed by atoms with Crippen molar-refractivity contribution < 1.29 is 5.11 Å². The zero-order valence-electron chi connectivity index (χ0n) is 15.0. The predicted octanol–water partition coefficient (Wildman–Crippen LogP) is 2.77. The Bertz CT molecular complexity index is 819. The van der Waals surface area contributed by atoms with Crippen molar-refractivity contribution in [3.8, 4) is 5.88 Å². The molecule has 0 saturated heterocycles. The van der Waals surface area contributed by atoms with Gasteiger partial charge in [0.2, 0.25) is 11.8 Å². The highest BCUT2D eigenvalue weighted by Gasteiger charge is 2.20. The maximum atomic E-state index is 10.1. The number of fused-ring (bicyclic) bond motifs is 1. The smallest absolute Gasteiger partial charge is 0.238 e. The SMILES string of the molecule is CN(C)CC(C)(C)CNc1nc(O)c(C=C2C=Nc3ncccc32)[nH]1. The summed E-state index contributed by atoms with van der Waals surface area (Å²) in [6.07, 6.45) is 5.28. The van der Waals surface area contributed by atoms with Crippen LogP contribution in [0.25, 0.3) is 11.6 Å². The zero-order chi connectivity index (χ0) is 18.0. The lowest BCUT2D eigenvalue weighted by atomic mass is 9.93. The molecule has 0 aliphatic carbocycles. The molecule has 0 saturated carbocycles. The largest absolute Gasteiger partial charge is 0.492 e. The minimum atomic E-state index is -0.0360. The van der Waals surface area contributed by atoms with Crippen molar-refractivity contribution in [3.05, 3.63) is 29.6 Å². The Labute approximate surface area is 147 Å². The fraction of sp³-hybridized carbons (Fsp3) is 0.389. The Morgan fingerprint density at radius 2 is 2.16 bits per heavy atom. The lowest BCUT2D eigenvalue weighted by Gasteiger charge is -2.28. The van der Waals surface area contributed by atoms with Gasteiger partial charge in [0.1, 0.15) is 5.69 Å². The number of nitrogens with zero attached hydrogens (tertiary/aromatic N) is 4. The van der Waals surface area contributed by atoms with E-state index in [0.29, 0.717) is 17.5 Å². The maximum absolute atomic E-state index is 10.1. The summed E-state index contributed by atoms with van der Waals surface area (Å²) in [4.78, 5) is 17.9. The van der Waals surface area contributed by atoms with E-state index < -0.39 is 0 Å². The van der Waals surface area contributed by atoms with E-state index >= 15 is 0 Å². The van der Waals surface area contributed by atoms with Gasteiger partial charge in [-0.3, -0.25) is 0 Å². The number of allylic oxidation sites excluding steroid dienone is 1. The fourth-order valence-corrected chi connectivity index (χ4v) is 2.99. The third-order valence-corrected chi connectivity index (χ3v) is 3.91. The number of hydrogen-bond donors (Lipinski definition) is 3. The van der Waals surface area contributed by atoms with Gasteiger partial charge in [-0.25, -0.2) is 9.98 Å². The quantitative estimate of drug-likeness (QED) is 0.752. The second-order valence-electron chi connectivity index (χ2n) is 7.31. The number of imidazole rings is 1. The lowest BCUT2D eigenvalue weighted by molar-refractivity contribution is 0.254. The Kier molecular flexibility index (Phi) is 4.59. The molecule has 1 aliphatic rings. The van der Waals surface area contributed by atoms with Crippen LogP contribution in [0.2, 0.25) is 0 Å². The molecule has 0 fully saturated rings. The van der Waals surface area contributed by atoms with Gasteiger partial charge >= 0.3 is 0 Å². The molecule has 0 unspecified atom stereocenters. The van der Waals surface area contributed by atoms with Crippen LogP contribution in [0.15, 0.2) is 23.3 Å². The molecule has 3 heterocycles. The first-order chi connectivity index (χ1) is 11.8. The van der Waals surface area contributed by atoms with Gasteiger partial charge in [0.25, 0.3) is 0 Å². The van der Waals surface area contributed by atoms with Crippen LogP contribution in [0.3, 0.4) is 0 Å². The number of nitrogens with one attached hydrogen (secondary N) is 2. The van der Waals surface area contributed by atoms with Crippen LogP contribution in [-0.2, 0) is 0 Å². The van der Waals surface area contributed by atoms with E-state index in [1.807, 2.05) is 18.2 Å². The predicted molar refractivity (Wildman–Crippen MR) is 101 cm³/mol. The molecule has 0 atom stereocenters. The fourth-order valence-electron chi connectivity index (χ4n) is 2.99. The highest BCUT2D eigenvalue weighted by Crippen LogP contribution is 2.31. The monoisotopic (exact) mass is 340 g/mol. The highest BCUT2D eigenvalue weighted by atomic mass is 16.3. The second-order valence-corrected chi connectivity index (χ2v) is 7.31. The van der Waals surface area contributed by atoms with Gasteiger partial charge in [0, 0.05) is 36.6 Å². The molecule has 0 spiro atoms. The van der Waals surface area contributed by atoms with E-state index in [9.17, 15) is 5.11 Å². The highest BCUT2D eigenvalue weighted by molar-refractivity contribution is 6.20. The third-order valence-electron chi connectivity index (χ3n) is 3.91. The number of H-pyrrole nitrogens is 1. The van der Waals surface area contributed by atoms with Crippen LogP contribution in [0.4, 0.5) is 11.8 Å². The molecule has 2 aromatic rings. The molecule has 0 amide bonds. The van der Waals surface area contributed by atoms with Gasteiger partial charge in [-0.05, 0) is 37.7 Å². The molecule has 3 N–H and O–H groups in total. The summed E-state index contributed by atoms with van der Waals surface area (Å²) >= 11 is 0. The summed E-state index contributed by atoms with van der Waals surface area (Å²) in [5.41, 5.74) is 2.46. The molecular formula is C18H24N6O. The average molecular weight is 340 g/mol. The summed E-state index contributed by atoms with van der Waals surface area (Å²) in [5, 5.41) is 13.4. The topological polar surface area (TPSA) is 89.4 Å². The summed E-state index contributed by atoms with van der Waals surface area (Å²) in [7, 11) is 4.11. The van der Waals surface area contributed by atoms with E-state index in [1.54, 1.807) is 12.4 Å². The number of pyridine rings is 1. The first-order valence-electron chi connectivity index (χ1n) is 8.23. The Morgan fingerprint density at radius 1 is 1.36 bits per heavy atom. The van der Waals surface area contributed by atoms with Crippen molar-refractivity contribution in [2.75, 3.05) is 32.5 Å². The Balaban J connectivity index is 1.74. The molecule has 1 aliphatic heterocycles. The van der Waals surface area contributed by atoms with Gasteiger partial charge in [-0.1, -0.05) is 13.8 Å². The van der Waals surface area contributed by atoms with Gasteiger partial charge in [-0.2, -0.15) is 4.98 Å². The molecule has 7 nitrogen and oxygen atoms in total. The zero-order valence-corrected chi connectivity index (χ0v) is 15.0. The van der Waals surface area contributed by atoms with Crippen molar-refractivity contribution in [3.63, 3.8) is 0 Å². The first kappa shape index (κ1) is 17.2. The van der Waals surface area contributed by atoms with Crippen LogP contribution in [0.5, 0.6) is 5.88 Å². The number of hydrogen-bond acceptors (Lipinski definition) is 6. The van der Waals surface area contributed by atoms with E-state index in [-0.39, 0.29) is 11.3 Å². The van der Waals surface area contributed by atoms with Gasteiger partial charge in [0.05, 0.1) is 0 Å². The van der Waals surface area contributed by atoms with Crippen LogP contribution >= 0.6 is 0 Å². The Hall–Kier alpha value is -2.67. The lowest BCUT2D eigenvalue weighted by Crippen LogP contribution is -2.34. The van der Waals surface area contributed by atoms with Crippen LogP contribution < -0.4 is 5.32 Å². The molecule has 0 radical (unpaired) electrons. The molecule has 2 aromatic heterocycles. The molecular weight excluding hydrogens is 316 g/mol. The molecule has 3 rings (SSSR count). The van der Waals surface area contributed by atoms with Crippen molar-refractivity contribution in [2.45, 2.75) is 13.8 Å². The van der Waals surface area contributed by atoms with Crippen LogP contribution in [-0.4, -0.2) is 58.4 Å². The minimum Gasteiger partial charge on any atom is -0.492 e. The summed E-state index contributed by atoms with van der Waals surface area (Å²) < 4.78 is 0. The number of aliphatic imine (C=N–C) groups is 1. The molecule has 25 heavy (non-hydrogen) atoms. The summed E-state index contributed by atoms with van der Waals surface area (Å²) in [6, 6.07) is 3.82. The second kappa shape index (κ2) is 6.68. The molecule has 132 valence electrons. The summed E-state index contributed by atoms with van der Waals surface area (Å²) in [6.45, 7) is 6.06. The van der Waals surface area contributed by atoms with Crippen LogP contribution in [0, 0.1) is 5.41 Å². The number of rotatable bonds is 6. The third kappa shape index (κ3) is 4.06. The Morgan fingerprint density at radius 3 is 2.92 bits per heavy atom. The van der Waals surface area contributed by atoms with E-state index in [4.69, 9.17) is 0 Å². The van der Waals surface area contributed by atoms with E-state index in [1.165, 1.54) is 0 Å². The van der Waals surface area contributed by atoms with Crippen molar-refractivity contribution >= 4 is 29.6 Å². The van der Waals surface area contributed by atoms with Gasteiger partial charge < -0.3 is 20.3 Å². The minimum absolute atomic E-state index is 0.0360. The standard InChI is InChI=1S/C18H24N6O/c1-18(2,11-24(3)4)10-21-17-22-14(16(25)23-17)8-12-9-20-15-13(12)6-5-7-19-15/h5-9,25H,10-11H2,1-4H3,(H2,21,22,23). The number of anilines is 1. The van der Waals surface area contributed by atoms with E-state index in [2.05, 4.69) is 58.1 Å². The molecule has 0 aromatic carbocycles. The van der Waals surface area contributed by atoms with Crippen molar-refractivity contribution in [2.24, 2.45) is 10.4 Å². The maximum Gasteiger partial charge on any atom is 0.238 e. The van der Waals surface area contributed by atoms with Crippen molar-refractivity contribution in [1.82, 2.24) is 19.9 Å². The molecule has 0 bridgehead atoms. The van der Waals surface area contributed by atoms with Gasteiger partial charge in [0.15, 0.2) is 5.82 Å². The average Bonchev–Trinajstić information content (AvgIpc) is 3.09. The number of aromatic nitrogens is 3. The van der Waals surface area contributed by atoms with Gasteiger partial charge in [-0.15, -0.1) is 0 Å². The first-order valence-corrected chi connectivity index (χ1v) is 8.23. The number of aromatic hydroxyl groups is 1. The number of aromatic amines is 1. The normalized spacial score (nSPS) is 15.2. The summed E-state index contributed by atoms with van der Waals surface area (Å²) in [5.74, 6) is 1.21. The van der Waals surface area contributed by atoms with E-state index in [0.717, 1.165) is 24.2 Å².